The van der Waals surface area contributed by atoms with Crippen molar-refractivity contribution in [3.05, 3.63) is 71.0 Å². The normalized spacial score (nSPS) is 27.5. The molecule has 120 valence electrons. The second-order valence-corrected chi connectivity index (χ2v) is 6.91. The summed E-state index contributed by atoms with van der Waals surface area (Å²) < 4.78 is 5.63. The van der Waals surface area contributed by atoms with E-state index in [2.05, 4.69) is 0 Å². The second kappa shape index (κ2) is 4.48. The maximum Gasteiger partial charge on any atom is 0.335 e. The van der Waals surface area contributed by atoms with E-state index in [1.165, 1.54) is 5.56 Å². The van der Waals surface area contributed by atoms with Crippen molar-refractivity contribution in [1.29, 1.82) is 0 Å². The Morgan fingerprint density at radius 1 is 1.17 bits per heavy atom. The Morgan fingerprint density at radius 3 is 2.83 bits per heavy atom. The standard InChI is InChI=1S/C20H16O4/c21-19(22)11-5-6-13-12-8-16(15(13)7-11)20(23,9-12)17-10-24-18-4-2-1-3-14(17)18/h1-7,10,12,16,23H,8-9H2,(H,21,22)/t12-,16-,20-/m0/s1. The molecule has 2 aromatic carbocycles. The van der Waals surface area contributed by atoms with Crippen LogP contribution in [0.2, 0.25) is 0 Å². The minimum atomic E-state index is -0.999. The summed E-state index contributed by atoms with van der Waals surface area (Å²) in [5.74, 6) is -0.748. The molecule has 4 nitrogen and oxygen atoms in total. The van der Waals surface area contributed by atoms with Gasteiger partial charge in [0.2, 0.25) is 0 Å². The van der Waals surface area contributed by atoms with Crippen molar-refractivity contribution in [2.75, 3.05) is 0 Å². The summed E-state index contributed by atoms with van der Waals surface area (Å²) in [6.45, 7) is 0. The highest BCUT2D eigenvalue weighted by Crippen LogP contribution is 2.62. The van der Waals surface area contributed by atoms with Gasteiger partial charge in [-0.15, -0.1) is 0 Å². The van der Waals surface area contributed by atoms with Crippen LogP contribution in [0, 0.1) is 0 Å². The molecule has 24 heavy (non-hydrogen) atoms. The van der Waals surface area contributed by atoms with Gasteiger partial charge in [0.25, 0.3) is 0 Å². The maximum atomic E-state index is 11.5. The van der Waals surface area contributed by atoms with E-state index in [1.807, 2.05) is 30.3 Å². The summed E-state index contributed by atoms with van der Waals surface area (Å²) >= 11 is 0. The quantitative estimate of drug-likeness (QED) is 0.749. The molecule has 2 aliphatic carbocycles. The molecule has 0 unspecified atom stereocenters. The number of hydrogen-bond donors (Lipinski definition) is 2. The first-order valence-corrected chi connectivity index (χ1v) is 8.14. The zero-order valence-electron chi connectivity index (χ0n) is 12.9. The molecular weight excluding hydrogens is 304 g/mol. The third kappa shape index (κ3) is 1.64. The monoisotopic (exact) mass is 320 g/mol. The first kappa shape index (κ1) is 13.8. The van der Waals surface area contributed by atoms with Crippen LogP contribution in [0.4, 0.5) is 0 Å². The first-order chi connectivity index (χ1) is 11.6. The lowest BCUT2D eigenvalue weighted by atomic mass is 9.75. The molecule has 1 saturated carbocycles. The van der Waals surface area contributed by atoms with Crippen LogP contribution in [-0.2, 0) is 5.60 Å². The Morgan fingerprint density at radius 2 is 2.00 bits per heavy atom. The number of carboxylic acid groups (broad SMARTS) is 1. The molecule has 0 radical (unpaired) electrons. The number of para-hydroxylation sites is 1. The lowest BCUT2D eigenvalue weighted by molar-refractivity contribution is 0.0215. The highest BCUT2D eigenvalue weighted by atomic mass is 16.4. The van der Waals surface area contributed by atoms with Crippen LogP contribution in [0.5, 0.6) is 0 Å². The number of carboxylic acids is 1. The van der Waals surface area contributed by atoms with Gasteiger partial charge in [0.1, 0.15) is 11.2 Å². The van der Waals surface area contributed by atoms with Gasteiger partial charge in [0.05, 0.1) is 11.8 Å². The molecule has 5 rings (SSSR count). The first-order valence-electron chi connectivity index (χ1n) is 8.14. The highest BCUT2D eigenvalue weighted by molar-refractivity contribution is 5.88. The summed E-state index contributed by atoms with van der Waals surface area (Å²) in [6, 6.07) is 13.0. The molecule has 1 heterocycles. The Hall–Kier alpha value is -2.59. The third-order valence-corrected chi connectivity index (χ3v) is 5.75. The van der Waals surface area contributed by atoms with Gasteiger partial charge in [-0.1, -0.05) is 24.3 Å². The molecule has 3 aromatic rings. The van der Waals surface area contributed by atoms with Crippen LogP contribution >= 0.6 is 0 Å². The number of fused-ring (bicyclic) bond motifs is 6. The van der Waals surface area contributed by atoms with Gasteiger partial charge < -0.3 is 14.6 Å². The van der Waals surface area contributed by atoms with Crippen LogP contribution in [-0.4, -0.2) is 16.2 Å². The molecule has 3 atom stereocenters. The van der Waals surface area contributed by atoms with Gasteiger partial charge in [-0.25, -0.2) is 4.79 Å². The molecule has 4 heteroatoms. The Labute approximate surface area is 138 Å². The zero-order chi connectivity index (χ0) is 16.5. The van der Waals surface area contributed by atoms with E-state index in [9.17, 15) is 15.0 Å². The summed E-state index contributed by atoms with van der Waals surface area (Å²) in [6.07, 6.45) is 3.17. The molecule has 0 aliphatic heterocycles. The lowest BCUT2D eigenvalue weighted by Gasteiger charge is -2.33. The summed E-state index contributed by atoms with van der Waals surface area (Å²) in [5.41, 5.74) is 3.02. The van der Waals surface area contributed by atoms with Crippen LogP contribution in [0.1, 0.15) is 51.7 Å². The minimum Gasteiger partial charge on any atom is -0.478 e. The Kier molecular flexibility index (Phi) is 2.58. The van der Waals surface area contributed by atoms with Crippen molar-refractivity contribution in [3.63, 3.8) is 0 Å². The Bertz CT molecular complexity index is 986. The molecule has 2 N–H and O–H groups in total. The van der Waals surface area contributed by atoms with Gasteiger partial charge in [0.15, 0.2) is 0 Å². The number of aromatic carboxylic acids is 1. The highest BCUT2D eigenvalue weighted by Gasteiger charge is 2.55. The van der Waals surface area contributed by atoms with Crippen LogP contribution < -0.4 is 0 Å². The average molecular weight is 320 g/mol. The summed E-state index contributed by atoms with van der Waals surface area (Å²) in [5, 5.41) is 21.7. The average Bonchev–Trinajstić information content (AvgIpc) is 3.25. The van der Waals surface area contributed by atoms with Crippen LogP contribution in [0.25, 0.3) is 11.0 Å². The third-order valence-electron chi connectivity index (χ3n) is 5.75. The fourth-order valence-corrected chi connectivity index (χ4v) is 4.69. The van der Waals surface area contributed by atoms with Gasteiger partial charge in [0, 0.05) is 16.9 Å². The lowest BCUT2D eigenvalue weighted by Crippen LogP contribution is -2.31. The van der Waals surface area contributed by atoms with Crippen molar-refractivity contribution in [1.82, 2.24) is 0 Å². The van der Waals surface area contributed by atoms with E-state index >= 15 is 0 Å². The predicted octanol–water partition coefficient (Wildman–Crippen LogP) is 3.99. The zero-order valence-corrected chi connectivity index (χ0v) is 12.9. The van der Waals surface area contributed by atoms with Crippen molar-refractivity contribution >= 4 is 16.9 Å². The number of furan rings is 1. The molecule has 0 amide bonds. The fourth-order valence-electron chi connectivity index (χ4n) is 4.69. The van der Waals surface area contributed by atoms with E-state index in [-0.39, 0.29) is 17.4 Å². The van der Waals surface area contributed by atoms with Crippen molar-refractivity contribution in [2.24, 2.45) is 0 Å². The van der Waals surface area contributed by atoms with Gasteiger partial charge >= 0.3 is 5.97 Å². The maximum absolute atomic E-state index is 11.5. The molecule has 1 aromatic heterocycles. The number of aliphatic hydroxyl groups is 1. The second-order valence-electron chi connectivity index (χ2n) is 6.91. The van der Waals surface area contributed by atoms with Crippen LogP contribution in [0.3, 0.4) is 0 Å². The largest absolute Gasteiger partial charge is 0.478 e. The summed E-state index contributed by atoms with van der Waals surface area (Å²) in [7, 11) is 0. The molecule has 0 saturated heterocycles. The molecule has 1 fully saturated rings. The Balaban J connectivity index is 1.67. The van der Waals surface area contributed by atoms with E-state index in [4.69, 9.17) is 4.42 Å². The SMILES string of the molecule is O=C(O)c1ccc2c(c1)[C@@H]1C[C@H]2C[C@@]1(O)c1coc2ccccc12. The molecule has 2 aliphatic rings. The van der Waals surface area contributed by atoms with Crippen molar-refractivity contribution in [2.45, 2.75) is 30.3 Å². The van der Waals surface area contributed by atoms with Crippen molar-refractivity contribution in [3.8, 4) is 0 Å². The number of hydrogen-bond acceptors (Lipinski definition) is 3. The number of benzene rings is 2. The summed E-state index contributed by atoms with van der Waals surface area (Å²) in [4.78, 5) is 11.3. The van der Waals surface area contributed by atoms with Gasteiger partial charge in [-0.3, -0.25) is 0 Å². The van der Waals surface area contributed by atoms with E-state index in [1.54, 1.807) is 18.4 Å². The van der Waals surface area contributed by atoms with E-state index in [0.717, 1.165) is 28.5 Å². The van der Waals surface area contributed by atoms with Gasteiger partial charge in [-0.05, 0) is 48.1 Å². The fraction of sp³-hybridized carbons (Fsp3) is 0.250. The predicted molar refractivity (Wildman–Crippen MR) is 88.2 cm³/mol. The number of carbonyl (C=O) groups is 1. The van der Waals surface area contributed by atoms with E-state index < -0.39 is 11.6 Å². The molecule has 0 spiro atoms. The topological polar surface area (TPSA) is 70.7 Å². The minimum absolute atomic E-state index is 0.0854. The molecule has 2 bridgehead atoms. The van der Waals surface area contributed by atoms with E-state index in [0.29, 0.717) is 6.42 Å². The smallest absolute Gasteiger partial charge is 0.335 e. The van der Waals surface area contributed by atoms with Crippen LogP contribution in [0.15, 0.2) is 53.1 Å². The number of rotatable bonds is 2. The van der Waals surface area contributed by atoms with Gasteiger partial charge in [-0.2, -0.15) is 0 Å². The van der Waals surface area contributed by atoms with Crippen molar-refractivity contribution < 1.29 is 19.4 Å². The molecular formula is C20H16O4.